The zero-order valence-electron chi connectivity index (χ0n) is 14.3. The van der Waals surface area contributed by atoms with Crippen molar-refractivity contribution in [2.45, 2.75) is 19.3 Å². The summed E-state index contributed by atoms with van der Waals surface area (Å²) < 4.78 is 4.88. The Hall–Kier alpha value is -2.99. The maximum absolute atomic E-state index is 12.3. The predicted molar refractivity (Wildman–Crippen MR) is 95.3 cm³/mol. The molecule has 1 N–H and O–H groups in total. The number of anilines is 1. The van der Waals surface area contributed by atoms with Gasteiger partial charge in [-0.25, -0.2) is 0 Å². The fourth-order valence-corrected chi connectivity index (χ4v) is 3.92. The van der Waals surface area contributed by atoms with Crippen molar-refractivity contribution in [3.63, 3.8) is 0 Å². The fourth-order valence-electron chi connectivity index (χ4n) is 3.17. The Morgan fingerprint density at radius 3 is 2.56 bits per heavy atom. The van der Waals surface area contributed by atoms with Crippen molar-refractivity contribution in [1.29, 1.82) is 5.26 Å². The first kappa shape index (κ1) is 18.8. The van der Waals surface area contributed by atoms with Crippen molar-refractivity contribution < 1.29 is 23.9 Å². The minimum absolute atomic E-state index is 0.0470. The zero-order valence-corrected chi connectivity index (χ0v) is 15.2. The number of imide groups is 1. The number of likely N-dealkylation sites (tertiary alicyclic amines) is 1. The van der Waals surface area contributed by atoms with Crippen LogP contribution in [0.5, 0.6) is 0 Å². The van der Waals surface area contributed by atoms with Gasteiger partial charge in [0.1, 0.15) is 11.1 Å². The van der Waals surface area contributed by atoms with E-state index in [0.717, 1.165) is 4.90 Å². The number of nitrogens with zero attached hydrogens (tertiary/aromatic N) is 2. The number of fused-ring (bicyclic) bond motifs is 1. The molecular formula is C18H17N3O5S. The number of rotatable bonds is 6. The maximum atomic E-state index is 12.3. The van der Waals surface area contributed by atoms with Crippen LogP contribution >= 0.6 is 11.3 Å². The second kappa shape index (κ2) is 8.14. The first-order valence-electron chi connectivity index (χ1n) is 8.44. The summed E-state index contributed by atoms with van der Waals surface area (Å²) in [6, 6.07) is 3.51. The predicted octanol–water partition coefficient (Wildman–Crippen LogP) is 1.44. The van der Waals surface area contributed by atoms with Gasteiger partial charge >= 0.3 is 5.97 Å². The average Bonchev–Trinajstić information content (AvgIpc) is 3.21. The van der Waals surface area contributed by atoms with Crippen molar-refractivity contribution in [2.75, 3.05) is 18.5 Å². The van der Waals surface area contributed by atoms with E-state index in [2.05, 4.69) is 5.32 Å². The Morgan fingerprint density at radius 1 is 1.26 bits per heavy atom. The van der Waals surface area contributed by atoms with E-state index in [9.17, 15) is 19.2 Å². The summed E-state index contributed by atoms with van der Waals surface area (Å²) in [5.74, 6) is -2.39. The van der Waals surface area contributed by atoms with E-state index in [1.54, 1.807) is 11.4 Å². The van der Waals surface area contributed by atoms with Crippen LogP contribution in [0.25, 0.3) is 0 Å². The lowest BCUT2D eigenvalue weighted by molar-refractivity contribution is -0.148. The quantitative estimate of drug-likeness (QED) is 0.448. The number of nitriles is 1. The van der Waals surface area contributed by atoms with Gasteiger partial charge in [-0.1, -0.05) is 12.2 Å². The molecule has 0 unspecified atom stereocenters. The third kappa shape index (κ3) is 4.06. The van der Waals surface area contributed by atoms with Gasteiger partial charge < -0.3 is 10.1 Å². The van der Waals surface area contributed by atoms with E-state index in [4.69, 9.17) is 10.00 Å². The molecule has 140 valence electrons. The second-order valence-electron chi connectivity index (χ2n) is 6.22. The molecule has 1 saturated heterocycles. The van der Waals surface area contributed by atoms with Crippen LogP contribution in [0.2, 0.25) is 0 Å². The Morgan fingerprint density at radius 2 is 1.93 bits per heavy atom. The second-order valence-corrected chi connectivity index (χ2v) is 7.13. The van der Waals surface area contributed by atoms with Crippen LogP contribution in [0, 0.1) is 23.2 Å². The summed E-state index contributed by atoms with van der Waals surface area (Å²) >= 11 is 1.19. The van der Waals surface area contributed by atoms with Crippen LogP contribution in [0.4, 0.5) is 5.00 Å². The highest BCUT2D eigenvalue weighted by atomic mass is 32.1. The Balaban J connectivity index is 1.43. The molecule has 1 aromatic rings. The molecule has 27 heavy (non-hydrogen) atoms. The van der Waals surface area contributed by atoms with Crippen molar-refractivity contribution >= 4 is 40.0 Å². The molecular weight excluding hydrogens is 370 g/mol. The number of esters is 1. The Kier molecular flexibility index (Phi) is 5.66. The standard InChI is InChI=1S/C18H17N3O5S/c19-9-11-6-8-27-16(11)20-14(22)10-26-15(23)5-7-21-17(24)12-3-1-2-4-13(12)18(21)25/h1-2,6,8,12-13H,3-5,7,10H2,(H,20,22)/t12-,13-/m0/s1. The molecule has 9 heteroatoms. The van der Waals surface area contributed by atoms with E-state index in [0.29, 0.717) is 23.4 Å². The SMILES string of the molecule is N#Cc1ccsc1NC(=O)COC(=O)CCN1C(=O)[C@H]2CC=CC[C@@H]2C1=O. The number of carbonyl (C=O) groups is 4. The molecule has 2 atom stereocenters. The summed E-state index contributed by atoms with van der Waals surface area (Å²) in [5.41, 5.74) is 0.335. The zero-order chi connectivity index (χ0) is 19.4. The molecule has 2 heterocycles. The largest absolute Gasteiger partial charge is 0.456 e. The molecule has 2 aliphatic rings. The van der Waals surface area contributed by atoms with Gasteiger partial charge in [-0.15, -0.1) is 11.3 Å². The summed E-state index contributed by atoms with van der Waals surface area (Å²) in [6.07, 6.45) is 4.72. The van der Waals surface area contributed by atoms with Gasteiger partial charge in [-0.2, -0.15) is 5.26 Å². The third-order valence-corrected chi connectivity index (χ3v) is 5.37. The van der Waals surface area contributed by atoms with Gasteiger partial charge in [-0.05, 0) is 24.3 Å². The van der Waals surface area contributed by atoms with E-state index >= 15 is 0 Å². The van der Waals surface area contributed by atoms with Crippen LogP contribution in [0.3, 0.4) is 0 Å². The monoisotopic (exact) mass is 387 g/mol. The smallest absolute Gasteiger partial charge is 0.308 e. The van der Waals surface area contributed by atoms with Gasteiger partial charge in [0.2, 0.25) is 11.8 Å². The lowest BCUT2D eigenvalue weighted by Gasteiger charge is -2.14. The van der Waals surface area contributed by atoms with Crippen LogP contribution in [0.1, 0.15) is 24.8 Å². The van der Waals surface area contributed by atoms with Gasteiger partial charge in [0, 0.05) is 6.54 Å². The first-order chi connectivity index (χ1) is 13.0. The molecule has 0 radical (unpaired) electrons. The van der Waals surface area contributed by atoms with Crippen LogP contribution in [-0.4, -0.2) is 41.7 Å². The Labute approximate surface area is 159 Å². The van der Waals surface area contributed by atoms with Gasteiger partial charge in [0.25, 0.3) is 5.91 Å². The molecule has 1 aromatic heterocycles. The number of amides is 3. The number of hydrogen-bond donors (Lipinski definition) is 1. The molecule has 1 aliphatic heterocycles. The van der Waals surface area contributed by atoms with Gasteiger partial charge in [-0.3, -0.25) is 24.1 Å². The first-order valence-corrected chi connectivity index (χ1v) is 9.32. The number of hydrogen-bond acceptors (Lipinski definition) is 7. The van der Waals surface area contributed by atoms with Crippen molar-refractivity contribution in [3.8, 4) is 6.07 Å². The summed E-state index contributed by atoms with van der Waals surface area (Å²) in [4.78, 5) is 49.4. The van der Waals surface area contributed by atoms with Gasteiger partial charge in [0.15, 0.2) is 6.61 Å². The van der Waals surface area contributed by atoms with Crippen LogP contribution < -0.4 is 5.32 Å². The number of nitrogens with one attached hydrogen (secondary N) is 1. The van der Waals surface area contributed by atoms with Crippen molar-refractivity contribution in [1.82, 2.24) is 4.90 Å². The molecule has 0 spiro atoms. The fraction of sp³-hybridized carbons (Fsp3) is 0.389. The highest BCUT2D eigenvalue weighted by Crippen LogP contribution is 2.35. The molecule has 3 rings (SSSR count). The van der Waals surface area contributed by atoms with E-state index in [-0.39, 0.29) is 36.6 Å². The molecule has 0 aromatic carbocycles. The van der Waals surface area contributed by atoms with Crippen LogP contribution in [-0.2, 0) is 23.9 Å². The van der Waals surface area contributed by atoms with E-state index in [1.807, 2.05) is 18.2 Å². The van der Waals surface area contributed by atoms with Gasteiger partial charge in [0.05, 0.1) is 23.8 Å². The van der Waals surface area contributed by atoms with Crippen molar-refractivity contribution in [3.05, 3.63) is 29.2 Å². The molecule has 1 fully saturated rings. The van der Waals surface area contributed by atoms with Crippen molar-refractivity contribution in [2.24, 2.45) is 11.8 Å². The average molecular weight is 387 g/mol. The summed E-state index contributed by atoms with van der Waals surface area (Å²) in [7, 11) is 0. The van der Waals surface area contributed by atoms with E-state index < -0.39 is 18.5 Å². The molecule has 8 nitrogen and oxygen atoms in total. The number of ether oxygens (including phenoxy) is 1. The highest BCUT2D eigenvalue weighted by molar-refractivity contribution is 7.14. The van der Waals surface area contributed by atoms with E-state index in [1.165, 1.54) is 11.3 Å². The highest BCUT2D eigenvalue weighted by Gasteiger charge is 2.46. The minimum atomic E-state index is -0.676. The third-order valence-electron chi connectivity index (χ3n) is 4.54. The molecule has 3 amide bonds. The lowest BCUT2D eigenvalue weighted by atomic mass is 9.85. The summed E-state index contributed by atoms with van der Waals surface area (Å²) in [5, 5.41) is 13.4. The molecule has 0 bridgehead atoms. The number of carbonyl (C=O) groups excluding carboxylic acids is 4. The topological polar surface area (TPSA) is 117 Å². The molecule has 1 aliphatic carbocycles. The lowest BCUT2D eigenvalue weighted by Crippen LogP contribution is -2.33. The van der Waals surface area contributed by atoms with Crippen LogP contribution in [0.15, 0.2) is 23.6 Å². The molecule has 0 saturated carbocycles. The normalized spacial score (nSPS) is 20.9. The summed E-state index contributed by atoms with van der Waals surface area (Å²) in [6.45, 7) is -0.548. The number of thiophene rings is 1. The maximum Gasteiger partial charge on any atom is 0.308 e. The number of allylic oxidation sites excluding steroid dienone is 2. The Bertz CT molecular complexity index is 827. The minimum Gasteiger partial charge on any atom is -0.456 e.